The normalized spacial score (nSPS) is 16.2. The number of carbonyl (C=O) groups excluding carboxylic acids is 5. The van der Waals surface area contributed by atoms with Gasteiger partial charge in [0.05, 0.1) is 17.4 Å². The number of nitrogens with one attached hydrogen (secondary N) is 1. The molecule has 1 rings (SSSR count). The summed E-state index contributed by atoms with van der Waals surface area (Å²) in [5, 5.41) is 6.88. The predicted molar refractivity (Wildman–Crippen MR) is 203 cm³/mol. The smallest absolute Gasteiger partial charge is 0.634 e. The van der Waals surface area contributed by atoms with Crippen LogP contribution in [0.25, 0.3) is 5.32 Å². The summed E-state index contributed by atoms with van der Waals surface area (Å²) in [7, 11) is 5.27. The Hall–Kier alpha value is -0.544. The number of ether oxygens (including phenoxy) is 1. The maximum absolute atomic E-state index is 13.2. The molecule has 1 N–H and O–H groups in total. The largest absolute Gasteiger partial charge is 1.00 e. The number of rotatable bonds is 23. The standard InChI is InChI=1S/C31H57N4O5S.C3H7NO.C3H8.K/c1-10-13-19-41-25-20-27(37)35(31(25)39)18-16-14-15-17-26(36)34(8)30(22(4)5)32-21-28(38)33(7)29(23(6)11-2)24(12-3)40-9;1-2-4-3-5;1-3-2;/h22-25,29-30H,10-21H2,1-9H3;3H,2H2,1H3,(H,4,5);3H2,1-2H3;/q-1;;;+1. The summed E-state index contributed by atoms with van der Waals surface area (Å²) < 4.78 is 5.69. The molecular weight excluding hydrogens is 682 g/mol. The zero-order chi connectivity index (χ0) is 37.9. The molecule has 1 aliphatic rings. The van der Waals surface area contributed by atoms with E-state index in [4.69, 9.17) is 4.74 Å². The van der Waals surface area contributed by atoms with Crippen molar-refractivity contribution in [3.63, 3.8) is 0 Å². The molecule has 0 radical (unpaired) electrons. The van der Waals surface area contributed by atoms with Crippen molar-refractivity contribution in [2.45, 2.75) is 150 Å². The van der Waals surface area contributed by atoms with Crippen LogP contribution in [-0.4, -0.2) is 115 Å². The van der Waals surface area contributed by atoms with E-state index in [0.717, 1.165) is 44.4 Å². The molecule has 0 spiro atoms. The molecule has 0 aliphatic carbocycles. The average Bonchev–Trinajstić information content (AvgIpc) is 3.34. The molecule has 13 heteroatoms. The molecule has 5 unspecified atom stereocenters. The van der Waals surface area contributed by atoms with Gasteiger partial charge in [-0.15, -0.1) is 11.8 Å². The van der Waals surface area contributed by atoms with E-state index < -0.39 is 6.17 Å². The Morgan fingerprint density at radius 3 is 2.06 bits per heavy atom. The van der Waals surface area contributed by atoms with Crippen LogP contribution in [0.2, 0.25) is 0 Å². The van der Waals surface area contributed by atoms with Crippen molar-refractivity contribution in [2.75, 3.05) is 46.6 Å². The number of amides is 5. The third-order valence-corrected chi connectivity index (χ3v) is 9.83. The van der Waals surface area contributed by atoms with E-state index in [2.05, 4.69) is 52.2 Å². The Morgan fingerprint density at radius 1 is 0.980 bits per heavy atom. The number of likely N-dealkylation sites (tertiary alicyclic amines) is 1. The van der Waals surface area contributed by atoms with Crippen molar-refractivity contribution in [1.29, 1.82) is 0 Å². The fourth-order valence-electron chi connectivity index (χ4n) is 5.53. The van der Waals surface area contributed by atoms with Crippen LogP contribution in [0, 0.1) is 11.8 Å². The molecular formula is C37H72KN5O6S. The van der Waals surface area contributed by atoms with E-state index in [-0.39, 0.29) is 111 Å². The molecule has 5 amide bonds. The number of nitrogens with zero attached hydrogens (tertiary/aromatic N) is 4. The van der Waals surface area contributed by atoms with E-state index in [9.17, 15) is 24.0 Å². The molecule has 1 fully saturated rings. The SMILES string of the molecule is CCC.CCCCSC1CC(=O)N(CCCCCC(=O)N(C)C([N-]CC(=O)N(C)C(C(C)CC)C(CC)OC)C(C)C)C1=O.CCNC=O.[K+]. The Kier molecular flexibility index (Phi) is 35.6. The van der Waals surface area contributed by atoms with Gasteiger partial charge in [-0.05, 0) is 50.2 Å². The second-order valence-corrected chi connectivity index (χ2v) is 14.4. The third-order valence-electron chi connectivity index (χ3n) is 8.53. The fourth-order valence-corrected chi connectivity index (χ4v) is 6.80. The fraction of sp³-hybridized carbons (Fsp3) is 0.865. The van der Waals surface area contributed by atoms with Gasteiger partial charge in [0.25, 0.3) is 0 Å². The van der Waals surface area contributed by atoms with E-state index in [1.54, 1.807) is 35.7 Å². The second kappa shape index (κ2) is 33.1. The molecule has 1 saturated heterocycles. The van der Waals surface area contributed by atoms with Crippen molar-refractivity contribution in [1.82, 2.24) is 20.0 Å². The monoisotopic (exact) mass is 753 g/mol. The van der Waals surface area contributed by atoms with Crippen molar-refractivity contribution < 1.29 is 80.1 Å². The van der Waals surface area contributed by atoms with Crippen molar-refractivity contribution >= 4 is 41.8 Å². The zero-order valence-corrected chi connectivity index (χ0v) is 38.0. The summed E-state index contributed by atoms with van der Waals surface area (Å²) in [6.45, 7) is 19.7. The van der Waals surface area contributed by atoms with Crippen molar-refractivity contribution in [3.8, 4) is 0 Å². The number of methoxy groups -OCH3 is 1. The number of imide groups is 1. The number of hydrogen-bond acceptors (Lipinski definition) is 7. The maximum Gasteiger partial charge on any atom is 1.00 e. The average molecular weight is 754 g/mol. The van der Waals surface area contributed by atoms with Crippen LogP contribution >= 0.6 is 11.8 Å². The quantitative estimate of drug-likeness (QED) is 0.0732. The van der Waals surface area contributed by atoms with Gasteiger partial charge in [-0.1, -0.05) is 93.8 Å². The summed E-state index contributed by atoms with van der Waals surface area (Å²) in [6.07, 6.45) is 8.16. The minimum Gasteiger partial charge on any atom is -0.634 e. The topological polar surface area (TPSA) is 130 Å². The van der Waals surface area contributed by atoms with E-state index in [1.807, 2.05) is 27.8 Å². The summed E-state index contributed by atoms with van der Waals surface area (Å²) in [6, 6.07) is -0.0357. The first-order valence-electron chi connectivity index (χ1n) is 18.6. The maximum atomic E-state index is 13.2. The minimum atomic E-state index is -0.395. The van der Waals surface area contributed by atoms with Gasteiger partial charge >= 0.3 is 51.4 Å². The van der Waals surface area contributed by atoms with Crippen LogP contribution < -0.4 is 56.7 Å². The van der Waals surface area contributed by atoms with Gasteiger partial charge in [0, 0.05) is 47.1 Å². The molecule has 1 heterocycles. The van der Waals surface area contributed by atoms with Gasteiger partial charge in [0.15, 0.2) is 0 Å². The van der Waals surface area contributed by atoms with E-state index in [1.165, 1.54) is 11.3 Å². The van der Waals surface area contributed by atoms with E-state index >= 15 is 0 Å². The van der Waals surface area contributed by atoms with Gasteiger partial charge < -0.3 is 25.2 Å². The van der Waals surface area contributed by atoms with Gasteiger partial charge in [-0.2, -0.15) is 0 Å². The summed E-state index contributed by atoms with van der Waals surface area (Å²) in [5.74, 6) is 1.02. The molecule has 0 aromatic carbocycles. The van der Waals surface area contributed by atoms with Gasteiger partial charge in [0.1, 0.15) is 0 Å². The van der Waals surface area contributed by atoms with E-state index in [0.29, 0.717) is 38.6 Å². The second-order valence-electron chi connectivity index (χ2n) is 13.1. The number of unbranched alkanes of at least 4 members (excludes halogenated alkanes) is 3. The first-order valence-corrected chi connectivity index (χ1v) is 19.7. The molecule has 50 heavy (non-hydrogen) atoms. The van der Waals surface area contributed by atoms with Gasteiger partial charge in [-0.25, -0.2) is 0 Å². The van der Waals surface area contributed by atoms with Crippen LogP contribution in [0.5, 0.6) is 0 Å². The molecule has 0 aromatic heterocycles. The van der Waals surface area contributed by atoms with Crippen LogP contribution in [0.1, 0.15) is 127 Å². The Bertz CT molecular complexity index is 927. The molecule has 0 saturated carbocycles. The van der Waals surface area contributed by atoms with Crippen molar-refractivity contribution in [2.24, 2.45) is 11.8 Å². The number of likely N-dealkylation sites (N-methyl/N-ethyl adjacent to an activating group) is 1. The zero-order valence-electron chi connectivity index (χ0n) is 34.1. The molecule has 11 nitrogen and oxygen atoms in total. The number of thioether (sulfide) groups is 1. The number of hydrogen-bond donors (Lipinski definition) is 1. The third kappa shape index (κ3) is 21.2. The molecule has 288 valence electrons. The first kappa shape index (κ1) is 53.8. The Labute approximate surface area is 352 Å². The molecule has 0 bridgehead atoms. The van der Waals surface area contributed by atoms with Crippen LogP contribution in [0.15, 0.2) is 0 Å². The molecule has 5 atom stereocenters. The predicted octanol–water partition coefficient (Wildman–Crippen LogP) is 3.49. The molecule has 0 aromatic rings. The minimum absolute atomic E-state index is 0. The number of carbonyl (C=O) groups is 5. The van der Waals surface area contributed by atoms with Crippen molar-refractivity contribution in [3.05, 3.63) is 5.32 Å². The summed E-state index contributed by atoms with van der Waals surface area (Å²) in [5.41, 5.74) is 0. The van der Waals surface area contributed by atoms with Gasteiger partial charge in [0.2, 0.25) is 30.0 Å². The Morgan fingerprint density at radius 2 is 1.60 bits per heavy atom. The Balaban J connectivity index is -0.00000220. The van der Waals surface area contributed by atoms with Crippen LogP contribution in [-0.2, 0) is 28.7 Å². The van der Waals surface area contributed by atoms with Crippen LogP contribution in [0.3, 0.4) is 0 Å². The summed E-state index contributed by atoms with van der Waals surface area (Å²) >= 11 is 1.59. The van der Waals surface area contributed by atoms with Crippen LogP contribution in [0.4, 0.5) is 0 Å². The first-order chi connectivity index (χ1) is 23.3. The molecule has 1 aliphatic heterocycles. The van der Waals surface area contributed by atoms with Gasteiger partial charge in [-0.3, -0.25) is 28.9 Å². The summed E-state index contributed by atoms with van der Waals surface area (Å²) in [4.78, 5) is 65.2.